The number of benzene rings is 1. The first-order chi connectivity index (χ1) is 9.12. The van der Waals surface area contributed by atoms with Gasteiger partial charge in [-0.25, -0.2) is 12.8 Å². The molecule has 3 nitrogen and oxygen atoms in total. The fraction of sp³-hybridized carbons (Fsp3) is 0.571. The third-order valence-electron chi connectivity index (χ3n) is 3.90. The summed E-state index contributed by atoms with van der Waals surface area (Å²) in [5, 5.41) is 0. The Morgan fingerprint density at radius 3 is 2.50 bits per heavy atom. The van der Waals surface area contributed by atoms with E-state index in [0.717, 1.165) is 12.5 Å². The number of sulfonamides is 1. The second-order valence-corrected chi connectivity index (χ2v) is 9.08. The SMILES string of the molecule is CC(C)(C)C1CCN(S(=O)(=O)c2ccc(Br)c(F)c2)C1. The normalized spacial score (nSPS) is 21.4. The topological polar surface area (TPSA) is 37.4 Å². The zero-order chi connectivity index (χ0) is 15.1. The molecule has 0 saturated carbocycles. The summed E-state index contributed by atoms with van der Waals surface area (Å²) in [6.07, 6.45) is 0.849. The molecule has 1 aliphatic heterocycles. The summed E-state index contributed by atoms with van der Waals surface area (Å²) < 4.78 is 40.3. The van der Waals surface area contributed by atoms with Gasteiger partial charge in [0.05, 0.1) is 9.37 Å². The Morgan fingerprint density at radius 2 is 2.00 bits per heavy atom. The Morgan fingerprint density at radius 1 is 1.35 bits per heavy atom. The molecular formula is C14H19BrFNO2S. The number of rotatable bonds is 2. The lowest BCUT2D eigenvalue weighted by Crippen LogP contribution is -2.31. The summed E-state index contributed by atoms with van der Waals surface area (Å²) in [7, 11) is -3.60. The molecule has 1 aliphatic rings. The predicted octanol–water partition coefficient (Wildman–Crippen LogP) is 3.64. The van der Waals surface area contributed by atoms with Crippen molar-refractivity contribution in [2.24, 2.45) is 11.3 Å². The molecule has 2 rings (SSSR count). The monoisotopic (exact) mass is 363 g/mol. The number of hydrogen-bond acceptors (Lipinski definition) is 2. The van der Waals surface area contributed by atoms with Crippen LogP contribution in [0.25, 0.3) is 0 Å². The maximum atomic E-state index is 13.5. The lowest BCUT2D eigenvalue weighted by Gasteiger charge is -2.26. The van der Waals surface area contributed by atoms with E-state index in [2.05, 4.69) is 36.7 Å². The number of hydrogen-bond donors (Lipinski definition) is 0. The van der Waals surface area contributed by atoms with Crippen molar-refractivity contribution in [2.45, 2.75) is 32.1 Å². The zero-order valence-electron chi connectivity index (χ0n) is 11.9. The van der Waals surface area contributed by atoms with Gasteiger partial charge in [-0.3, -0.25) is 0 Å². The highest BCUT2D eigenvalue weighted by molar-refractivity contribution is 9.10. The molecule has 0 amide bonds. The fourth-order valence-corrected chi connectivity index (χ4v) is 4.20. The van der Waals surface area contributed by atoms with Crippen molar-refractivity contribution in [1.29, 1.82) is 0 Å². The van der Waals surface area contributed by atoms with Gasteiger partial charge in [-0.2, -0.15) is 4.31 Å². The van der Waals surface area contributed by atoms with Gasteiger partial charge in [-0.1, -0.05) is 20.8 Å². The van der Waals surface area contributed by atoms with Gasteiger partial charge in [0.15, 0.2) is 0 Å². The highest BCUT2D eigenvalue weighted by atomic mass is 79.9. The van der Waals surface area contributed by atoms with E-state index in [1.807, 2.05) is 0 Å². The molecule has 20 heavy (non-hydrogen) atoms. The Labute approximate surface area is 128 Å². The summed E-state index contributed by atoms with van der Waals surface area (Å²) in [6, 6.07) is 3.94. The molecule has 1 fully saturated rings. The predicted molar refractivity (Wildman–Crippen MR) is 80.4 cm³/mol. The molecule has 0 spiro atoms. The van der Waals surface area contributed by atoms with Crippen LogP contribution in [-0.4, -0.2) is 25.8 Å². The van der Waals surface area contributed by atoms with Crippen molar-refractivity contribution in [3.8, 4) is 0 Å². The number of halogens is 2. The second-order valence-electron chi connectivity index (χ2n) is 6.29. The fourth-order valence-electron chi connectivity index (χ4n) is 2.44. The minimum absolute atomic E-state index is 0.0211. The van der Waals surface area contributed by atoms with Crippen LogP contribution in [-0.2, 0) is 10.0 Å². The maximum Gasteiger partial charge on any atom is 0.243 e. The summed E-state index contributed by atoms with van der Waals surface area (Å²) in [5.41, 5.74) is 0.0786. The van der Waals surface area contributed by atoms with E-state index >= 15 is 0 Å². The summed E-state index contributed by atoms with van der Waals surface area (Å²) in [5.74, 6) is -0.227. The smallest absolute Gasteiger partial charge is 0.207 e. The molecule has 1 saturated heterocycles. The standard InChI is InChI=1S/C14H19BrFNO2S/c1-14(2,3)10-6-7-17(9-10)20(18,19)11-4-5-12(15)13(16)8-11/h4-5,8,10H,6-7,9H2,1-3H3. The van der Waals surface area contributed by atoms with Crippen molar-refractivity contribution >= 4 is 26.0 Å². The van der Waals surface area contributed by atoms with E-state index in [1.54, 1.807) is 0 Å². The van der Waals surface area contributed by atoms with Crippen LogP contribution < -0.4 is 0 Å². The Balaban J connectivity index is 2.26. The molecule has 1 aromatic rings. The average molecular weight is 364 g/mol. The van der Waals surface area contributed by atoms with Gasteiger partial charge in [-0.05, 0) is 51.9 Å². The van der Waals surface area contributed by atoms with E-state index in [4.69, 9.17) is 0 Å². The molecular weight excluding hydrogens is 345 g/mol. The molecule has 1 aromatic carbocycles. The Kier molecular flexibility index (Phi) is 4.29. The van der Waals surface area contributed by atoms with E-state index in [1.165, 1.54) is 16.4 Å². The number of nitrogens with zero attached hydrogens (tertiary/aromatic N) is 1. The van der Waals surface area contributed by atoms with Crippen LogP contribution in [0.3, 0.4) is 0 Å². The van der Waals surface area contributed by atoms with Crippen molar-refractivity contribution in [3.05, 3.63) is 28.5 Å². The Bertz CT molecular complexity index is 610. The largest absolute Gasteiger partial charge is 0.243 e. The van der Waals surface area contributed by atoms with Crippen LogP contribution in [0.1, 0.15) is 27.2 Å². The van der Waals surface area contributed by atoms with E-state index < -0.39 is 15.8 Å². The third kappa shape index (κ3) is 3.07. The summed E-state index contributed by atoms with van der Waals surface area (Å²) >= 11 is 3.03. The van der Waals surface area contributed by atoms with Crippen LogP contribution in [0.5, 0.6) is 0 Å². The molecule has 0 radical (unpaired) electrons. The van der Waals surface area contributed by atoms with Gasteiger partial charge in [-0.15, -0.1) is 0 Å². The molecule has 1 heterocycles. The zero-order valence-corrected chi connectivity index (χ0v) is 14.3. The van der Waals surface area contributed by atoms with Gasteiger partial charge in [0.1, 0.15) is 5.82 Å². The lowest BCUT2D eigenvalue weighted by atomic mass is 9.80. The molecule has 0 aromatic heterocycles. The molecule has 0 bridgehead atoms. The first-order valence-corrected chi connectivity index (χ1v) is 8.81. The van der Waals surface area contributed by atoms with Crippen molar-refractivity contribution in [1.82, 2.24) is 4.31 Å². The average Bonchev–Trinajstić information content (AvgIpc) is 2.82. The highest BCUT2D eigenvalue weighted by Crippen LogP contribution is 2.36. The van der Waals surface area contributed by atoms with Gasteiger partial charge >= 0.3 is 0 Å². The van der Waals surface area contributed by atoms with Crippen molar-refractivity contribution in [2.75, 3.05) is 13.1 Å². The second kappa shape index (κ2) is 5.39. The quantitative estimate of drug-likeness (QED) is 0.804. The maximum absolute atomic E-state index is 13.5. The van der Waals surface area contributed by atoms with Crippen LogP contribution in [0.2, 0.25) is 0 Å². The minimum Gasteiger partial charge on any atom is -0.207 e. The van der Waals surface area contributed by atoms with E-state index in [-0.39, 0.29) is 14.8 Å². The van der Waals surface area contributed by atoms with Crippen molar-refractivity contribution < 1.29 is 12.8 Å². The first kappa shape index (κ1) is 15.9. The molecule has 1 atom stereocenters. The highest BCUT2D eigenvalue weighted by Gasteiger charge is 2.37. The first-order valence-electron chi connectivity index (χ1n) is 6.57. The van der Waals surface area contributed by atoms with Gasteiger partial charge in [0.25, 0.3) is 0 Å². The van der Waals surface area contributed by atoms with Crippen LogP contribution >= 0.6 is 15.9 Å². The van der Waals surface area contributed by atoms with Crippen LogP contribution in [0, 0.1) is 17.2 Å². The molecule has 112 valence electrons. The van der Waals surface area contributed by atoms with Crippen LogP contribution in [0.4, 0.5) is 4.39 Å². The van der Waals surface area contributed by atoms with Gasteiger partial charge < -0.3 is 0 Å². The molecule has 0 aliphatic carbocycles. The molecule has 0 N–H and O–H groups in total. The molecule has 1 unspecified atom stereocenters. The summed E-state index contributed by atoms with van der Waals surface area (Å²) in [4.78, 5) is 0.0211. The Hall–Kier alpha value is -0.460. The van der Waals surface area contributed by atoms with E-state index in [9.17, 15) is 12.8 Å². The van der Waals surface area contributed by atoms with E-state index in [0.29, 0.717) is 19.0 Å². The molecule has 6 heteroatoms. The van der Waals surface area contributed by atoms with Crippen LogP contribution in [0.15, 0.2) is 27.6 Å². The van der Waals surface area contributed by atoms with Crippen molar-refractivity contribution in [3.63, 3.8) is 0 Å². The summed E-state index contributed by atoms with van der Waals surface area (Å²) in [6.45, 7) is 7.36. The minimum atomic E-state index is -3.60. The lowest BCUT2D eigenvalue weighted by molar-refractivity contribution is 0.252. The van der Waals surface area contributed by atoms with Gasteiger partial charge in [0, 0.05) is 13.1 Å². The van der Waals surface area contributed by atoms with Gasteiger partial charge in [0.2, 0.25) is 10.0 Å². The third-order valence-corrected chi connectivity index (χ3v) is 6.41.